The SMILES string of the molecule is COc1ccc2c(c1)OCC(C(=O)N1CC(N3CCOCC3)C1)C2. The predicted molar refractivity (Wildman–Crippen MR) is 88.4 cm³/mol. The van der Waals surface area contributed by atoms with Gasteiger partial charge in [-0.1, -0.05) is 6.07 Å². The van der Waals surface area contributed by atoms with Crippen LogP contribution in [-0.2, 0) is 16.0 Å². The minimum Gasteiger partial charge on any atom is -0.497 e. The monoisotopic (exact) mass is 332 g/mol. The maximum atomic E-state index is 12.7. The van der Waals surface area contributed by atoms with E-state index in [9.17, 15) is 4.79 Å². The molecule has 0 bridgehead atoms. The molecule has 1 amide bonds. The summed E-state index contributed by atoms with van der Waals surface area (Å²) in [7, 11) is 1.64. The highest BCUT2D eigenvalue weighted by Crippen LogP contribution is 2.32. The minimum atomic E-state index is -0.0727. The average Bonchev–Trinajstić information content (AvgIpc) is 2.60. The van der Waals surface area contributed by atoms with E-state index in [4.69, 9.17) is 14.2 Å². The summed E-state index contributed by atoms with van der Waals surface area (Å²) in [5.41, 5.74) is 1.09. The number of ether oxygens (including phenoxy) is 3. The molecule has 3 heterocycles. The number of amides is 1. The summed E-state index contributed by atoms with van der Waals surface area (Å²) in [4.78, 5) is 17.1. The van der Waals surface area contributed by atoms with Gasteiger partial charge in [-0.3, -0.25) is 9.69 Å². The second kappa shape index (κ2) is 6.61. The number of methoxy groups -OCH3 is 1. The lowest BCUT2D eigenvalue weighted by Gasteiger charge is -2.47. The number of morpholine rings is 1. The minimum absolute atomic E-state index is 0.0727. The summed E-state index contributed by atoms with van der Waals surface area (Å²) >= 11 is 0. The van der Waals surface area contributed by atoms with E-state index >= 15 is 0 Å². The van der Waals surface area contributed by atoms with Crippen LogP contribution in [0, 0.1) is 5.92 Å². The number of carbonyl (C=O) groups is 1. The Morgan fingerprint density at radius 2 is 2.04 bits per heavy atom. The zero-order valence-electron chi connectivity index (χ0n) is 14.1. The number of nitrogens with zero attached hydrogens (tertiary/aromatic N) is 2. The van der Waals surface area contributed by atoms with E-state index < -0.39 is 0 Å². The predicted octanol–water partition coefficient (Wildman–Crippen LogP) is 0.789. The lowest BCUT2D eigenvalue weighted by molar-refractivity contribution is -0.145. The van der Waals surface area contributed by atoms with Crippen molar-refractivity contribution >= 4 is 5.91 Å². The highest BCUT2D eigenvalue weighted by atomic mass is 16.5. The number of carbonyl (C=O) groups excluding carboxylic acids is 1. The van der Waals surface area contributed by atoms with Crippen molar-refractivity contribution in [1.29, 1.82) is 0 Å². The fraction of sp³-hybridized carbons (Fsp3) is 0.611. The first-order chi connectivity index (χ1) is 11.7. The van der Waals surface area contributed by atoms with Gasteiger partial charge in [0.25, 0.3) is 0 Å². The van der Waals surface area contributed by atoms with Gasteiger partial charge in [0, 0.05) is 38.3 Å². The van der Waals surface area contributed by atoms with Gasteiger partial charge in [-0.15, -0.1) is 0 Å². The normalized spacial score (nSPS) is 24.7. The van der Waals surface area contributed by atoms with E-state index in [1.807, 2.05) is 23.1 Å². The standard InChI is InChI=1S/C18H24N2O4/c1-22-16-3-2-13-8-14(12-24-17(13)9-16)18(21)20-10-15(11-20)19-4-6-23-7-5-19/h2-3,9,14-15H,4-8,10-12H2,1H3. The maximum Gasteiger partial charge on any atom is 0.229 e. The number of fused-ring (bicyclic) bond motifs is 1. The molecule has 0 radical (unpaired) electrons. The van der Waals surface area contributed by atoms with Gasteiger partial charge < -0.3 is 19.1 Å². The van der Waals surface area contributed by atoms with E-state index in [-0.39, 0.29) is 11.8 Å². The first-order valence-corrected chi connectivity index (χ1v) is 8.65. The van der Waals surface area contributed by atoms with Crippen LogP contribution in [0.15, 0.2) is 18.2 Å². The third kappa shape index (κ3) is 2.96. The third-order valence-corrected chi connectivity index (χ3v) is 5.27. The van der Waals surface area contributed by atoms with Crippen molar-refractivity contribution in [2.75, 3.05) is 53.1 Å². The van der Waals surface area contributed by atoms with Gasteiger partial charge in [0.1, 0.15) is 18.1 Å². The van der Waals surface area contributed by atoms with E-state index in [0.717, 1.165) is 62.9 Å². The quantitative estimate of drug-likeness (QED) is 0.819. The summed E-state index contributed by atoms with van der Waals surface area (Å²) in [6.45, 7) is 5.71. The molecular weight excluding hydrogens is 308 g/mol. The van der Waals surface area contributed by atoms with Crippen molar-refractivity contribution in [2.45, 2.75) is 12.5 Å². The summed E-state index contributed by atoms with van der Waals surface area (Å²) in [6, 6.07) is 6.32. The zero-order valence-corrected chi connectivity index (χ0v) is 14.1. The summed E-state index contributed by atoms with van der Waals surface area (Å²) in [5.74, 6) is 1.78. The molecule has 2 saturated heterocycles. The Morgan fingerprint density at radius 3 is 2.79 bits per heavy atom. The Kier molecular flexibility index (Phi) is 4.33. The molecule has 0 spiro atoms. The summed E-state index contributed by atoms with van der Waals surface area (Å²) < 4.78 is 16.4. The molecule has 1 unspecified atom stereocenters. The van der Waals surface area contributed by atoms with Crippen LogP contribution < -0.4 is 9.47 Å². The van der Waals surface area contributed by atoms with Crippen molar-refractivity contribution in [2.24, 2.45) is 5.92 Å². The van der Waals surface area contributed by atoms with Crippen LogP contribution in [0.1, 0.15) is 5.56 Å². The smallest absolute Gasteiger partial charge is 0.229 e. The second-order valence-corrected chi connectivity index (χ2v) is 6.73. The topological polar surface area (TPSA) is 51.2 Å². The van der Waals surface area contributed by atoms with Crippen molar-refractivity contribution < 1.29 is 19.0 Å². The van der Waals surface area contributed by atoms with E-state index in [1.54, 1.807) is 7.11 Å². The lowest BCUT2D eigenvalue weighted by Crippen LogP contribution is -2.64. The van der Waals surface area contributed by atoms with Gasteiger partial charge in [0.05, 0.1) is 26.2 Å². The van der Waals surface area contributed by atoms with Crippen LogP contribution in [0.2, 0.25) is 0 Å². The van der Waals surface area contributed by atoms with Gasteiger partial charge in [-0.05, 0) is 18.1 Å². The molecule has 3 aliphatic rings. The molecule has 3 aliphatic heterocycles. The van der Waals surface area contributed by atoms with Gasteiger partial charge in [0.15, 0.2) is 0 Å². The highest BCUT2D eigenvalue weighted by Gasteiger charge is 2.39. The Hall–Kier alpha value is -1.79. The molecule has 1 aromatic rings. The van der Waals surface area contributed by atoms with Crippen LogP contribution in [-0.4, -0.2) is 74.9 Å². The molecule has 0 saturated carbocycles. The molecule has 2 fully saturated rings. The third-order valence-electron chi connectivity index (χ3n) is 5.27. The van der Waals surface area contributed by atoms with Crippen LogP contribution in [0.25, 0.3) is 0 Å². The molecule has 6 heteroatoms. The Morgan fingerprint density at radius 1 is 1.25 bits per heavy atom. The molecule has 0 N–H and O–H groups in total. The van der Waals surface area contributed by atoms with Crippen molar-refractivity contribution in [1.82, 2.24) is 9.80 Å². The van der Waals surface area contributed by atoms with Crippen LogP contribution in [0.3, 0.4) is 0 Å². The van der Waals surface area contributed by atoms with Crippen LogP contribution in [0.4, 0.5) is 0 Å². The molecule has 24 heavy (non-hydrogen) atoms. The van der Waals surface area contributed by atoms with E-state index in [0.29, 0.717) is 12.6 Å². The van der Waals surface area contributed by atoms with Gasteiger partial charge in [0.2, 0.25) is 5.91 Å². The zero-order chi connectivity index (χ0) is 16.5. The molecule has 1 aromatic carbocycles. The molecule has 1 atom stereocenters. The molecular formula is C18H24N2O4. The Labute approximate surface area is 142 Å². The van der Waals surface area contributed by atoms with E-state index in [2.05, 4.69) is 4.90 Å². The fourth-order valence-corrected chi connectivity index (χ4v) is 3.71. The maximum absolute atomic E-state index is 12.7. The largest absolute Gasteiger partial charge is 0.497 e. The number of benzene rings is 1. The van der Waals surface area contributed by atoms with Crippen LogP contribution >= 0.6 is 0 Å². The lowest BCUT2D eigenvalue weighted by atomic mass is 9.93. The Bertz CT molecular complexity index is 609. The molecule has 4 rings (SSSR count). The Balaban J connectivity index is 1.33. The number of hydrogen-bond acceptors (Lipinski definition) is 5. The molecule has 0 aliphatic carbocycles. The van der Waals surface area contributed by atoms with Gasteiger partial charge in [-0.25, -0.2) is 0 Å². The van der Waals surface area contributed by atoms with Gasteiger partial charge in [-0.2, -0.15) is 0 Å². The first kappa shape index (κ1) is 15.7. The molecule has 6 nitrogen and oxygen atoms in total. The molecule has 0 aromatic heterocycles. The van der Waals surface area contributed by atoms with Crippen molar-refractivity contribution in [3.63, 3.8) is 0 Å². The average molecular weight is 332 g/mol. The number of likely N-dealkylation sites (tertiary alicyclic amines) is 1. The van der Waals surface area contributed by atoms with Crippen molar-refractivity contribution in [3.05, 3.63) is 23.8 Å². The van der Waals surface area contributed by atoms with Crippen molar-refractivity contribution in [3.8, 4) is 11.5 Å². The fourth-order valence-electron chi connectivity index (χ4n) is 3.71. The number of rotatable bonds is 3. The second-order valence-electron chi connectivity index (χ2n) is 6.73. The van der Waals surface area contributed by atoms with E-state index in [1.165, 1.54) is 0 Å². The number of hydrogen-bond donors (Lipinski definition) is 0. The summed E-state index contributed by atoms with van der Waals surface area (Å²) in [5, 5.41) is 0. The van der Waals surface area contributed by atoms with Gasteiger partial charge >= 0.3 is 0 Å². The van der Waals surface area contributed by atoms with Crippen LogP contribution in [0.5, 0.6) is 11.5 Å². The first-order valence-electron chi connectivity index (χ1n) is 8.65. The molecule has 130 valence electrons. The summed E-state index contributed by atoms with van der Waals surface area (Å²) in [6.07, 6.45) is 0.747. The highest BCUT2D eigenvalue weighted by molar-refractivity contribution is 5.80.